The van der Waals surface area contributed by atoms with Gasteiger partial charge in [0.05, 0.1) is 17.4 Å². The molecule has 1 aromatic rings. The van der Waals surface area contributed by atoms with E-state index < -0.39 is 5.97 Å². The van der Waals surface area contributed by atoms with E-state index in [1.807, 2.05) is 0 Å². The largest absolute Gasteiger partial charge is 0.478 e. The summed E-state index contributed by atoms with van der Waals surface area (Å²) < 4.78 is 0. The van der Waals surface area contributed by atoms with Gasteiger partial charge >= 0.3 is 5.97 Å². The van der Waals surface area contributed by atoms with Gasteiger partial charge in [0.15, 0.2) is 0 Å². The highest BCUT2D eigenvalue weighted by Crippen LogP contribution is 2.08. The van der Waals surface area contributed by atoms with Crippen molar-refractivity contribution in [3.63, 3.8) is 0 Å². The second-order valence-corrected chi connectivity index (χ2v) is 3.21. The first kappa shape index (κ1) is 12.1. The van der Waals surface area contributed by atoms with Crippen molar-refractivity contribution in [3.05, 3.63) is 24.0 Å². The summed E-state index contributed by atoms with van der Waals surface area (Å²) in [6, 6.07) is 1.36. The van der Waals surface area contributed by atoms with E-state index in [0.717, 1.165) is 0 Å². The van der Waals surface area contributed by atoms with Crippen LogP contribution in [0.1, 0.15) is 23.2 Å². The molecule has 0 spiro atoms. The minimum absolute atomic E-state index is 0.0385. The van der Waals surface area contributed by atoms with Crippen molar-refractivity contribution in [1.82, 2.24) is 4.98 Å². The van der Waals surface area contributed by atoms with Gasteiger partial charge in [-0.1, -0.05) is 0 Å². The standard InChI is InChI=1S/C10H13N3O3/c11-3-1-2-9(14)13-8-4-7(10(15)16)5-12-6-8/h4-6H,1-3,11H2,(H,13,14)(H,15,16). The van der Waals surface area contributed by atoms with Gasteiger partial charge in [0, 0.05) is 12.6 Å². The molecule has 1 amide bonds. The average molecular weight is 223 g/mol. The summed E-state index contributed by atoms with van der Waals surface area (Å²) in [5.74, 6) is -1.28. The predicted octanol–water partition coefficient (Wildman–Crippen LogP) is 0.457. The van der Waals surface area contributed by atoms with Crippen molar-refractivity contribution >= 4 is 17.6 Å². The van der Waals surface area contributed by atoms with E-state index in [2.05, 4.69) is 10.3 Å². The van der Waals surface area contributed by atoms with Gasteiger partial charge in [-0.25, -0.2) is 4.79 Å². The number of aromatic carboxylic acids is 1. The molecule has 0 saturated heterocycles. The molecule has 86 valence electrons. The third-order valence-corrected chi connectivity index (χ3v) is 1.88. The van der Waals surface area contributed by atoms with Crippen LogP contribution in [0.3, 0.4) is 0 Å². The Bertz CT molecular complexity index is 393. The Morgan fingerprint density at radius 3 is 2.81 bits per heavy atom. The van der Waals surface area contributed by atoms with Gasteiger partial charge < -0.3 is 16.2 Å². The summed E-state index contributed by atoms with van der Waals surface area (Å²) in [4.78, 5) is 25.7. The fourth-order valence-electron chi connectivity index (χ4n) is 1.11. The van der Waals surface area contributed by atoms with Crippen LogP contribution in [0.5, 0.6) is 0 Å². The number of hydrogen-bond donors (Lipinski definition) is 3. The molecule has 0 bridgehead atoms. The number of carbonyl (C=O) groups excluding carboxylic acids is 1. The molecular weight excluding hydrogens is 210 g/mol. The van der Waals surface area contributed by atoms with Crippen LogP contribution in [-0.4, -0.2) is 28.5 Å². The van der Waals surface area contributed by atoms with Crippen LogP contribution in [0.2, 0.25) is 0 Å². The molecule has 16 heavy (non-hydrogen) atoms. The van der Waals surface area contributed by atoms with Gasteiger partial charge in [-0.3, -0.25) is 9.78 Å². The number of amides is 1. The second-order valence-electron chi connectivity index (χ2n) is 3.21. The lowest BCUT2D eigenvalue weighted by Gasteiger charge is -2.04. The van der Waals surface area contributed by atoms with E-state index in [4.69, 9.17) is 10.8 Å². The van der Waals surface area contributed by atoms with Gasteiger partial charge in [-0.05, 0) is 19.0 Å². The number of pyridine rings is 1. The van der Waals surface area contributed by atoms with E-state index >= 15 is 0 Å². The first-order chi connectivity index (χ1) is 7.63. The van der Waals surface area contributed by atoms with Crippen molar-refractivity contribution in [2.45, 2.75) is 12.8 Å². The zero-order valence-corrected chi connectivity index (χ0v) is 8.64. The summed E-state index contributed by atoms with van der Waals surface area (Å²) >= 11 is 0. The number of nitrogens with zero attached hydrogens (tertiary/aromatic N) is 1. The highest BCUT2D eigenvalue weighted by atomic mass is 16.4. The Balaban J connectivity index is 2.63. The first-order valence-electron chi connectivity index (χ1n) is 4.81. The van der Waals surface area contributed by atoms with Crippen LogP contribution in [-0.2, 0) is 4.79 Å². The average Bonchev–Trinajstić information content (AvgIpc) is 2.26. The smallest absolute Gasteiger partial charge is 0.337 e. The maximum absolute atomic E-state index is 11.3. The Labute approximate surface area is 92.5 Å². The number of hydrogen-bond acceptors (Lipinski definition) is 4. The molecule has 6 heteroatoms. The van der Waals surface area contributed by atoms with Gasteiger partial charge in [-0.2, -0.15) is 0 Å². The van der Waals surface area contributed by atoms with Crippen molar-refractivity contribution in [1.29, 1.82) is 0 Å². The van der Waals surface area contributed by atoms with Crippen LogP contribution < -0.4 is 11.1 Å². The number of carboxylic acids is 1. The second kappa shape index (κ2) is 5.82. The van der Waals surface area contributed by atoms with Gasteiger partial charge in [-0.15, -0.1) is 0 Å². The predicted molar refractivity (Wildman–Crippen MR) is 58.1 cm³/mol. The molecule has 0 radical (unpaired) electrons. The van der Waals surface area contributed by atoms with E-state index in [-0.39, 0.29) is 11.5 Å². The number of anilines is 1. The normalized spacial score (nSPS) is 9.81. The summed E-state index contributed by atoms with van der Waals surface area (Å²) in [6.07, 6.45) is 3.52. The molecule has 0 aliphatic heterocycles. The van der Waals surface area contributed by atoms with Crippen LogP contribution in [0.25, 0.3) is 0 Å². The van der Waals surface area contributed by atoms with E-state index in [9.17, 15) is 9.59 Å². The monoisotopic (exact) mass is 223 g/mol. The summed E-state index contributed by atoms with van der Waals surface area (Å²) in [5.41, 5.74) is 5.68. The van der Waals surface area contributed by atoms with Crippen LogP contribution >= 0.6 is 0 Å². The molecule has 0 unspecified atom stereocenters. The lowest BCUT2D eigenvalue weighted by atomic mass is 10.2. The first-order valence-corrected chi connectivity index (χ1v) is 4.81. The number of nitrogens with one attached hydrogen (secondary N) is 1. The number of nitrogens with two attached hydrogens (primary N) is 1. The highest BCUT2D eigenvalue weighted by Gasteiger charge is 2.06. The molecule has 0 saturated carbocycles. The van der Waals surface area contributed by atoms with Crippen molar-refractivity contribution in [2.75, 3.05) is 11.9 Å². The third-order valence-electron chi connectivity index (χ3n) is 1.88. The Morgan fingerprint density at radius 2 is 2.19 bits per heavy atom. The minimum atomic E-state index is -1.08. The molecule has 6 nitrogen and oxygen atoms in total. The van der Waals surface area contributed by atoms with Crippen LogP contribution in [0, 0.1) is 0 Å². The Hall–Kier alpha value is -1.95. The summed E-state index contributed by atoms with van der Waals surface area (Å²) in [5, 5.41) is 11.3. The minimum Gasteiger partial charge on any atom is -0.478 e. The molecule has 0 aliphatic rings. The van der Waals surface area contributed by atoms with Gasteiger partial charge in [0.25, 0.3) is 0 Å². The van der Waals surface area contributed by atoms with Gasteiger partial charge in [0.1, 0.15) is 0 Å². The lowest BCUT2D eigenvalue weighted by molar-refractivity contribution is -0.116. The fourth-order valence-corrected chi connectivity index (χ4v) is 1.11. The van der Waals surface area contributed by atoms with Crippen molar-refractivity contribution in [2.24, 2.45) is 5.73 Å². The zero-order valence-electron chi connectivity index (χ0n) is 8.64. The van der Waals surface area contributed by atoms with E-state index in [1.165, 1.54) is 18.5 Å². The maximum Gasteiger partial charge on any atom is 0.337 e. The Morgan fingerprint density at radius 1 is 1.44 bits per heavy atom. The molecule has 1 aromatic heterocycles. The Kier molecular flexibility index (Phi) is 4.41. The lowest BCUT2D eigenvalue weighted by Crippen LogP contribution is -2.14. The number of carboxylic acid groups (broad SMARTS) is 1. The topological polar surface area (TPSA) is 105 Å². The molecule has 0 fully saturated rings. The summed E-state index contributed by atoms with van der Waals surface area (Å²) in [6.45, 7) is 0.445. The molecule has 0 atom stereocenters. The molecule has 1 rings (SSSR count). The fraction of sp³-hybridized carbons (Fsp3) is 0.300. The third kappa shape index (κ3) is 3.66. The number of rotatable bonds is 5. The zero-order chi connectivity index (χ0) is 12.0. The maximum atomic E-state index is 11.3. The molecule has 4 N–H and O–H groups in total. The molecule has 1 heterocycles. The summed E-state index contributed by atoms with van der Waals surface area (Å²) in [7, 11) is 0. The number of aromatic nitrogens is 1. The molecule has 0 aliphatic carbocycles. The quantitative estimate of drug-likeness (QED) is 0.672. The number of carbonyl (C=O) groups is 2. The SMILES string of the molecule is NCCCC(=O)Nc1cncc(C(=O)O)c1. The van der Waals surface area contributed by atoms with E-state index in [0.29, 0.717) is 25.1 Å². The van der Waals surface area contributed by atoms with Crippen LogP contribution in [0.15, 0.2) is 18.5 Å². The van der Waals surface area contributed by atoms with Crippen molar-refractivity contribution < 1.29 is 14.7 Å². The van der Waals surface area contributed by atoms with Crippen molar-refractivity contribution in [3.8, 4) is 0 Å². The van der Waals surface area contributed by atoms with Crippen LogP contribution in [0.4, 0.5) is 5.69 Å². The van der Waals surface area contributed by atoms with E-state index in [1.54, 1.807) is 0 Å². The molecular formula is C10H13N3O3. The van der Waals surface area contributed by atoms with Gasteiger partial charge in [0.2, 0.25) is 5.91 Å². The molecule has 0 aromatic carbocycles. The highest BCUT2D eigenvalue weighted by molar-refractivity contribution is 5.93.